The average Bonchev–Trinajstić information content (AvgIpc) is 2.62. The van der Waals surface area contributed by atoms with Crippen LogP contribution in [0.3, 0.4) is 0 Å². The van der Waals surface area contributed by atoms with Crippen molar-refractivity contribution in [2.75, 3.05) is 17.2 Å². The van der Waals surface area contributed by atoms with Gasteiger partial charge in [0.05, 0.1) is 0 Å². The lowest BCUT2D eigenvalue weighted by atomic mass is 9.97. The van der Waals surface area contributed by atoms with E-state index in [-0.39, 0.29) is 5.82 Å². The Morgan fingerprint density at radius 3 is 2.80 bits per heavy atom. The first-order valence-electron chi connectivity index (χ1n) is 8.95. The quantitative estimate of drug-likeness (QED) is 0.708. The van der Waals surface area contributed by atoms with Crippen LogP contribution in [0.1, 0.15) is 43.4 Å². The molecule has 2 aromatic rings. The van der Waals surface area contributed by atoms with E-state index in [9.17, 15) is 4.39 Å². The highest BCUT2D eigenvalue weighted by molar-refractivity contribution is 5.42. The highest BCUT2D eigenvalue weighted by Crippen LogP contribution is 2.20. The lowest BCUT2D eigenvalue weighted by Crippen LogP contribution is -2.10. The summed E-state index contributed by atoms with van der Waals surface area (Å²) < 4.78 is 13.7. The largest absolute Gasteiger partial charge is 0.370 e. The van der Waals surface area contributed by atoms with E-state index in [0.29, 0.717) is 18.1 Å². The fourth-order valence-corrected chi connectivity index (χ4v) is 3.04. The summed E-state index contributed by atoms with van der Waals surface area (Å²) in [4.78, 5) is 8.87. The topological polar surface area (TPSA) is 49.8 Å². The van der Waals surface area contributed by atoms with Crippen LogP contribution in [-0.2, 0) is 6.54 Å². The zero-order chi connectivity index (χ0) is 17.5. The Kier molecular flexibility index (Phi) is 5.99. The van der Waals surface area contributed by atoms with Gasteiger partial charge in [-0.15, -0.1) is 0 Å². The smallest absolute Gasteiger partial charge is 0.225 e. The van der Waals surface area contributed by atoms with Gasteiger partial charge in [-0.05, 0) is 45.1 Å². The van der Waals surface area contributed by atoms with Crippen molar-refractivity contribution < 1.29 is 4.39 Å². The molecule has 1 heterocycles. The number of allylic oxidation sites excluding steroid dienone is 1. The molecule has 0 saturated heterocycles. The van der Waals surface area contributed by atoms with Crippen LogP contribution in [0, 0.1) is 12.7 Å². The van der Waals surface area contributed by atoms with E-state index in [1.54, 1.807) is 17.7 Å². The second-order valence-electron chi connectivity index (χ2n) is 6.45. The molecular weight excluding hydrogens is 315 g/mol. The first-order valence-corrected chi connectivity index (χ1v) is 8.95. The standard InChI is InChI=1S/C20H25FN4/c1-15-13-19(22-12-11-16-7-3-2-4-8-16)25-20(24-15)23-14-17-9-5-6-10-18(17)21/h5-7,9-10,13H,2-4,8,11-12,14H2,1H3,(H2,22,23,24,25). The zero-order valence-electron chi connectivity index (χ0n) is 14.7. The van der Waals surface area contributed by atoms with E-state index in [2.05, 4.69) is 26.7 Å². The summed E-state index contributed by atoms with van der Waals surface area (Å²) >= 11 is 0. The number of nitrogens with zero attached hydrogens (tertiary/aromatic N) is 2. The highest BCUT2D eigenvalue weighted by Gasteiger charge is 2.06. The number of benzene rings is 1. The fraction of sp³-hybridized carbons (Fsp3) is 0.400. The Morgan fingerprint density at radius 2 is 2.00 bits per heavy atom. The van der Waals surface area contributed by atoms with Gasteiger partial charge < -0.3 is 10.6 Å². The number of anilines is 2. The molecule has 0 atom stereocenters. The van der Waals surface area contributed by atoms with Gasteiger partial charge in [0, 0.05) is 30.4 Å². The minimum atomic E-state index is -0.221. The summed E-state index contributed by atoms with van der Waals surface area (Å²) in [6.07, 6.45) is 8.49. The summed E-state index contributed by atoms with van der Waals surface area (Å²) in [5.41, 5.74) is 3.03. The molecule has 0 spiro atoms. The number of rotatable bonds is 7. The SMILES string of the molecule is Cc1cc(NCCC2=CCCCC2)nc(NCc2ccccc2F)n1. The molecule has 2 N–H and O–H groups in total. The lowest BCUT2D eigenvalue weighted by Gasteiger charge is -2.14. The molecule has 0 saturated carbocycles. The third-order valence-corrected chi connectivity index (χ3v) is 4.39. The molecule has 1 aliphatic carbocycles. The second kappa shape index (κ2) is 8.60. The third kappa shape index (κ3) is 5.28. The Balaban J connectivity index is 1.56. The van der Waals surface area contributed by atoms with Crippen molar-refractivity contribution in [3.05, 3.63) is 59.1 Å². The Bertz CT molecular complexity index is 742. The molecule has 0 unspecified atom stereocenters. The van der Waals surface area contributed by atoms with Gasteiger partial charge in [0.25, 0.3) is 0 Å². The highest BCUT2D eigenvalue weighted by atomic mass is 19.1. The third-order valence-electron chi connectivity index (χ3n) is 4.39. The lowest BCUT2D eigenvalue weighted by molar-refractivity contribution is 0.612. The molecule has 0 bridgehead atoms. The molecule has 4 nitrogen and oxygen atoms in total. The molecular formula is C20H25FN4. The van der Waals surface area contributed by atoms with Gasteiger partial charge in [0.1, 0.15) is 11.6 Å². The molecule has 1 aromatic heterocycles. The first kappa shape index (κ1) is 17.4. The number of hydrogen-bond acceptors (Lipinski definition) is 4. The van der Waals surface area contributed by atoms with E-state index >= 15 is 0 Å². The normalized spacial score (nSPS) is 14.1. The van der Waals surface area contributed by atoms with Crippen molar-refractivity contribution in [1.82, 2.24) is 9.97 Å². The van der Waals surface area contributed by atoms with Crippen molar-refractivity contribution >= 4 is 11.8 Å². The molecule has 132 valence electrons. The van der Waals surface area contributed by atoms with Crippen LogP contribution in [0.2, 0.25) is 0 Å². The molecule has 3 rings (SSSR count). The molecule has 0 fully saturated rings. The van der Waals surface area contributed by atoms with E-state index in [0.717, 1.165) is 24.5 Å². The molecule has 0 radical (unpaired) electrons. The average molecular weight is 340 g/mol. The van der Waals surface area contributed by atoms with Gasteiger partial charge >= 0.3 is 0 Å². The van der Waals surface area contributed by atoms with Gasteiger partial charge in [-0.3, -0.25) is 0 Å². The van der Waals surface area contributed by atoms with Crippen molar-refractivity contribution in [2.45, 2.75) is 45.6 Å². The Morgan fingerprint density at radius 1 is 1.12 bits per heavy atom. The maximum Gasteiger partial charge on any atom is 0.225 e. The van der Waals surface area contributed by atoms with Crippen LogP contribution >= 0.6 is 0 Å². The van der Waals surface area contributed by atoms with Crippen LogP contribution in [0.25, 0.3) is 0 Å². The predicted molar refractivity (Wildman–Crippen MR) is 100 cm³/mol. The molecule has 25 heavy (non-hydrogen) atoms. The first-order chi connectivity index (χ1) is 12.2. The molecule has 1 aromatic carbocycles. The van der Waals surface area contributed by atoms with Gasteiger partial charge in [0.2, 0.25) is 5.95 Å². The van der Waals surface area contributed by atoms with E-state index in [1.165, 1.54) is 31.7 Å². The summed E-state index contributed by atoms with van der Waals surface area (Å²) in [6.45, 7) is 3.17. The minimum Gasteiger partial charge on any atom is -0.370 e. The van der Waals surface area contributed by atoms with Crippen LogP contribution in [0.5, 0.6) is 0 Å². The summed E-state index contributed by atoms with van der Waals surface area (Å²) in [5, 5.41) is 6.49. The van der Waals surface area contributed by atoms with Crippen molar-refractivity contribution in [3.8, 4) is 0 Å². The Labute approximate surface area is 148 Å². The number of nitrogens with one attached hydrogen (secondary N) is 2. The van der Waals surface area contributed by atoms with Crippen LogP contribution in [-0.4, -0.2) is 16.5 Å². The maximum absolute atomic E-state index is 13.7. The number of aryl methyl sites for hydroxylation is 1. The summed E-state index contributed by atoms with van der Waals surface area (Å²) in [5.74, 6) is 1.10. The minimum absolute atomic E-state index is 0.221. The molecule has 1 aliphatic rings. The van der Waals surface area contributed by atoms with Gasteiger partial charge in [0.15, 0.2) is 0 Å². The second-order valence-corrected chi connectivity index (χ2v) is 6.45. The van der Waals surface area contributed by atoms with Crippen molar-refractivity contribution in [3.63, 3.8) is 0 Å². The number of halogens is 1. The number of aromatic nitrogens is 2. The van der Waals surface area contributed by atoms with Crippen LogP contribution in [0.15, 0.2) is 42.0 Å². The maximum atomic E-state index is 13.7. The van der Waals surface area contributed by atoms with Crippen LogP contribution < -0.4 is 10.6 Å². The fourth-order valence-electron chi connectivity index (χ4n) is 3.04. The van der Waals surface area contributed by atoms with Crippen molar-refractivity contribution in [2.24, 2.45) is 0 Å². The van der Waals surface area contributed by atoms with Gasteiger partial charge in [-0.1, -0.05) is 29.8 Å². The molecule has 0 amide bonds. The van der Waals surface area contributed by atoms with Gasteiger partial charge in [-0.25, -0.2) is 9.37 Å². The van der Waals surface area contributed by atoms with Crippen molar-refractivity contribution in [1.29, 1.82) is 0 Å². The van der Waals surface area contributed by atoms with Gasteiger partial charge in [-0.2, -0.15) is 4.98 Å². The summed E-state index contributed by atoms with van der Waals surface area (Å²) in [6, 6.07) is 8.66. The monoisotopic (exact) mass is 340 g/mol. The number of hydrogen-bond donors (Lipinski definition) is 2. The molecule has 0 aliphatic heterocycles. The summed E-state index contributed by atoms with van der Waals surface area (Å²) in [7, 11) is 0. The zero-order valence-corrected chi connectivity index (χ0v) is 14.7. The molecule has 5 heteroatoms. The van der Waals surface area contributed by atoms with E-state index in [4.69, 9.17) is 0 Å². The van der Waals surface area contributed by atoms with Crippen LogP contribution in [0.4, 0.5) is 16.2 Å². The van der Waals surface area contributed by atoms with E-state index in [1.807, 2.05) is 19.1 Å². The van der Waals surface area contributed by atoms with E-state index < -0.39 is 0 Å². The Hall–Kier alpha value is -2.43. The predicted octanol–water partition coefficient (Wildman–Crippen LogP) is 4.84.